The van der Waals surface area contributed by atoms with Crippen molar-refractivity contribution in [1.82, 2.24) is 14.9 Å². The summed E-state index contributed by atoms with van der Waals surface area (Å²) >= 11 is 1.73. The minimum Gasteiger partial charge on any atom is -0.390 e. The van der Waals surface area contributed by atoms with Gasteiger partial charge in [0.25, 0.3) is 0 Å². The zero-order valence-electron chi connectivity index (χ0n) is 15.2. The molecule has 2 atom stereocenters. The molecule has 1 aliphatic rings. The maximum atomic E-state index is 12.2. The van der Waals surface area contributed by atoms with Crippen molar-refractivity contribution in [3.8, 4) is 0 Å². The fraction of sp³-hybridized carbons (Fsp3) is 0.722. The molecule has 2 heterocycles. The number of aliphatic hydroxyl groups is 1. The summed E-state index contributed by atoms with van der Waals surface area (Å²) in [5.74, 6) is 1.28. The quantitative estimate of drug-likeness (QED) is 0.779. The molecule has 1 saturated heterocycles. The molecule has 134 valence electrons. The third kappa shape index (κ3) is 6.06. The number of hydrogen-bond donors (Lipinski definition) is 1. The van der Waals surface area contributed by atoms with E-state index in [4.69, 9.17) is 0 Å². The molecule has 0 radical (unpaired) electrons. The minimum absolute atomic E-state index is 0.191. The molecule has 0 aromatic carbocycles. The number of carbonyl (C=O) groups is 1. The number of thioether (sulfide) groups is 1. The van der Waals surface area contributed by atoms with Crippen molar-refractivity contribution in [2.45, 2.75) is 70.9 Å². The summed E-state index contributed by atoms with van der Waals surface area (Å²) in [6.07, 6.45) is 7.40. The smallest absolute Gasteiger partial charge is 0.233 e. The number of aromatic nitrogens is 2. The van der Waals surface area contributed by atoms with E-state index in [-0.39, 0.29) is 11.3 Å². The molecule has 0 aliphatic carbocycles. The summed E-state index contributed by atoms with van der Waals surface area (Å²) in [6.45, 7) is 8.39. The monoisotopic (exact) mass is 351 g/mol. The van der Waals surface area contributed by atoms with Crippen LogP contribution in [0.5, 0.6) is 0 Å². The number of amides is 1. The van der Waals surface area contributed by atoms with Crippen LogP contribution in [0.15, 0.2) is 12.4 Å². The minimum atomic E-state index is -0.589. The molecule has 2 unspecified atom stereocenters. The first-order valence-corrected chi connectivity index (χ1v) is 9.70. The Labute approximate surface area is 149 Å². The molecule has 1 aromatic heterocycles. The highest BCUT2D eigenvalue weighted by atomic mass is 32.2. The molecule has 1 N–H and O–H groups in total. The molecule has 0 saturated carbocycles. The lowest BCUT2D eigenvalue weighted by Gasteiger charge is -2.26. The largest absolute Gasteiger partial charge is 0.390 e. The number of hydrogen-bond acceptors (Lipinski definition) is 5. The second kappa shape index (κ2) is 8.30. The highest BCUT2D eigenvalue weighted by Gasteiger charge is 2.32. The van der Waals surface area contributed by atoms with E-state index in [1.165, 1.54) is 0 Å². The predicted molar refractivity (Wildman–Crippen MR) is 97.5 cm³/mol. The lowest BCUT2D eigenvalue weighted by molar-refractivity contribution is -0.128. The fourth-order valence-corrected chi connectivity index (χ4v) is 4.24. The summed E-state index contributed by atoms with van der Waals surface area (Å²) in [5.41, 5.74) is 1.14. The van der Waals surface area contributed by atoms with Crippen LogP contribution in [-0.2, 0) is 11.3 Å². The van der Waals surface area contributed by atoms with Gasteiger partial charge in [-0.25, -0.2) is 0 Å². The van der Waals surface area contributed by atoms with Crippen LogP contribution in [0, 0.1) is 12.8 Å². The summed E-state index contributed by atoms with van der Waals surface area (Å²) in [6, 6.07) is 0. The van der Waals surface area contributed by atoms with Crippen molar-refractivity contribution in [2.24, 2.45) is 5.92 Å². The van der Waals surface area contributed by atoms with Gasteiger partial charge in [0, 0.05) is 6.20 Å². The van der Waals surface area contributed by atoms with E-state index in [9.17, 15) is 9.90 Å². The van der Waals surface area contributed by atoms with Crippen molar-refractivity contribution in [1.29, 1.82) is 0 Å². The third-order valence-electron chi connectivity index (χ3n) is 4.32. The Bertz CT molecular complexity index is 542. The van der Waals surface area contributed by atoms with Crippen molar-refractivity contribution < 1.29 is 9.90 Å². The molecule has 5 nitrogen and oxygen atoms in total. The Morgan fingerprint density at radius 1 is 1.42 bits per heavy atom. The van der Waals surface area contributed by atoms with Crippen molar-refractivity contribution in [3.63, 3.8) is 0 Å². The molecule has 1 amide bonds. The topological polar surface area (TPSA) is 66.3 Å². The van der Waals surface area contributed by atoms with Gasteiger partial charge in [0.1, 0.15) is 0 Å². The van der Waals surface area contributed by atoms with Crippen LogP contribution < -0.4 is 0 Å². The van der Waals surface area contributed by atoms with Crippen LogP contribution in [0.25, 0.3) is 0 Å². The number of nitrogens with zero attached hydrogens (tertiary/aromatic N) is 3. The zero-order chi connectivity index (χ0) is 17.7. The molecular formula is C18H29N3O2S. The first-order chi connectivity index (χ1) is 11.2. The lowest BCUT2D eigenvalue weighted by Crippen LogP contribution is -2.33. The van der Waals surface area contributed by atoms with E-state index < -0.39 is 5.60 Å². The highest BCUT2D eigenvalue weighted by molar-refractivity contribution is 8.00. The van der Waals surface area contributed by atoms with Gasteiger partial charge < -0.3 is 10.0 Å². The van der Waals surface area contributed by atoms with Gasteiger partial charge in [-0.1, -0.05) is 19.8 Å². The van der Waals surface area contributed by atoms with Crippen LogP contribution in [0.2, 0.25) is 0 Å². The molecule has 6 heteroatoms. The predicted octanol–water partition coefficient (Wildman–Crippen LogP) is 3.15. The molecule has 1 fully saturated rings. The van der Waals surface area contributed by atoms with Crippen molar-refractivity contribution >= 4 is 17.7 Å². The molecule has 1 aliphatic heterocycles. The second-order valence-electron chi connectivity index (χ2n) is 7.48. The Kier molecular flexibility index (Phi) is 6.63. The fourth-order valence-electron chi connectivity index (χ4n) is 2.91. The lowest BCUT2D eigenvalue weighted by atomic mass is 9.95. The Morgan fingerprint density at radius 2 is 2.17 bits per heavy atom. The van der Waals surface area contributed by atoms with E-state index in [0.717, 1.165) is 37.1 Å². The van der Waals surface area contributed by atoms with Crippen LogP contribution in [0.1, 0.15) is 57.8 Å². The molecule has 0 bridgehead atoms. The van der Waals surface area contributed by atoms with E-state index in [1.807, 2.05) is 25.7 Å². The standard InChI is InChI=1S/C18H29N3O2S/c1-13(6-5-7-18(3,4)23)8-17-21(16(22)12-24-17)11-15-10-19-14(2)9-20-15/h9-10,13,17,23H,5-8,11-12H2,1-4H3. The maximum Gasteiger partial charge on any atom is 0.233 e. The van der Waals surface area contributed by atoms with Gasteiger partial charge >= 0.3 is 0 Å². The average molecular weight is 352 g/mol. The summed E-state index contributed by atoms with van der Waals surface area (Å²) in [5, 5.41) is 10.0. The number of rotatable bonds is 8. The third-order valence-corrected chi connectivity index (χ3v) is 5.57. The van der Waals surface area contributed by atoms with Gasteiger partial charge in [0.05, 0.1) is 40.9 Å². The molecule has 0 spiro atoms. The van der Waals surface area contributed by atoms with Crippen LogP contribution >= 0.6 is 11.8 Å². The molecule has 24 heavy (non-hydrogen) atoms. The van der Waals surface area contributed by atoms with Crippen molar-refractivity contribution in [2.75, 3.05) is 5.75 Å². The van der Waals surface area contributed by atoms with E-state index in [0.29, 0.717) is 18.2 Å². The second-order valence-corrected chi connectivity index (χ2v) is 8.65. The Morgan fingerprint density at radius 3 is 2.79 bits per heavy atom. The van der Waals surface area contributed by atoms with Gasteiger partial charge in [0.15, 0.2) is 0 Å². The normalized spacial score (nSPS) is 19.8. The van der Waals surface area contributed by atoms with Gasteiger partial charge in [-0.3, -0.25) is 14.8 Å². The average Bonchev–Trinajstić information content (AvgIpc) is 2.81. The number of carbonyl (C=O) groups excluding carboxylic acids is 1. The van der Waals surface area contributed by atoms with Gasteiger partial charge in [-0.05, 0) is 39.5 Å². The first kappa shape index (κ1) is 19.2. The SMILES string of the molecule is Cc1cnc(CN2C(=O)CSC2CC(C)CCCC(C)(C)O)cn1. The van der Waals surface area contributed by atoms with Crippen LogP contribution in [0.4, 0.5) is 0 Å². The number of aryl methyl sites for hydroxylation is 1. The summed E-state index contributed by atoms with van der Waals surface area (Å²) in [7, 11) is 0. The molecule has 2 rings (SSSR count). The summed E-state index contributed by atoms with van der Waals surface area (Å²) in [4.78, 5) is 22.8. The van der Waals surface area contributed by atoms with Crippen LogP contribution in [0.3, 0.4) is 0 Å². The maximum absolute atomic E-state index is 12.2. The Balaban J connectivity index is 1.86. The van der Waals surface area contributed by atoms with E-state index in [2.05, 4.69) is 16.9 Å². The first-order valence-electron chi connectivity index (χ1n) is 8.65. The Hall–Kier alpha value is -1.14. The summed E-state index contributed by atoms with van der Waals surface area (Å²) < 4.78 is 0. The van der Waals surface area contributed by atoms with Gasteiger partial charge in [0.2, 0.25) is 5.91 Å². The zero-order valence-corrected chi connectivity index (χ0v) is 16.0. The van der Waals surface area contributed by atoms with E-state index >= 15 is 0 Å². The molecule has 1 aromatic rings. The highest BCUT2D eigenvalue weighted by Crippen LogP contribution is 2.32. The van der Waals surface area contributed by atoms with Crippen LogP contribution in [-0.4, -0.2) is 42.6 Å². The molecular weight excluding hydrogens is 322 g/mol. The van der Waals surface area contributed by atoms with E-state index in [1.54, 1.807) is 24.2 Å². The van der Waals surface area contributed by atoms with Crippen molar-refractivity contribution in [3.05, 3.63) is 23.8 Å². The van der Waals surface area contributed by atoms with Gasteiger partial charge in [-0.2, -0.15) is 0 Å². The van der Waals surface area contributed by atoms with Gasteiger partial charge in [-0.15, -0.1) is 11.8 Å².